The number of carboxylic acid groups (broad SMARTS) is 1. The van der Waals surface area contributed by atoms with Crippen LogP contribution < -0.4 is 0 Å². The minimum Gasteiger partial charge on any atom is -0.481 e. The van der Waals surface area contributed by atoms with Gasteiger partial charge in [-0.15, -0.1) is 0 Å². The number of carboxylic acids is 1. The smallest absolute Gasteiger partial charge is 0.304 e. The number of hydrogen-bond donors (Lipinski definition) is 1. The Hall–Kier alpha value is -0.610. The zero-order valence-corrected chi connectivity index (χ0v) is 11.9. The molecule has 0 aromatic carbocycles. The Morgan fingerprint density at radius 1 is 1.33 bits per heavy atom. The zero-order valence-electron chi connectivity index (χ0n) is 11.9. The van der Waals surface area contributed by atoms with Gasteiger partial charge in [-0.2, -0.15) is 0 Å². The summed E-state index contributed by atoms with van der Waals surface area (Å²) in [6, 6.07) is 0.632. The number of aliphatic carboxylic acids is 1. The minimum atomic E-state index is -0.684. The topological polar surface area (TPSA) is 43.8 Å². The van der Waals surface area contributed by atoms with Gasteiger partial charge in [-0.1, -0.05) is 13.8 Å². The van der Waals surface area contributed by atoms with E-state index in [1.165, 1.54) is 38.8 Å². The molecule has 106 valence electrons. The Kier molecular flexibility index (Phi) is 7.28. The van der Waals surface area contributed by atoms with Crippen molar-refractivity contribution in [3.05, 3.63) is 0 Å². The number of likely N-dealkylation sites (tertiary alicyclic amines) is 1. The number of carbonyl (C=O) groups is 1. The molecule has 1 N–H and O–H groups in total. The van der Waals surface area contributed by atoms with Crippen molar-refractivity contribution in [2.75, 3.05) is 32.7 Å². The summed E-state index contributed by atoms with van der Waals surface area (Å²) >= 11 is 0. The molecular weight excluding hydrogens is 228 g/mol. The Bertz CT molecular complexity index is 240. The van der Waals surface area contributed by atoms with Crippen LogP contribution in [-0.2, 0) is 4.79 Å². The number of hydrogen-bond acceptors (Lipinski definition) is 3. The Morgan fingerprint density at radius 2 is 2.00 bits per heavy atom. The second kappa shape index (κ2) is 8.48. The highest BCUT2D eigenvalue weighted by molar-refractivity contribution is 5.66. The lowest BCUT2D eigenvalue weighted by Crippen LogP contribution is -2.48. The third kappa shape index (κ3) is 5.36. The van der Waals surface area contributed by atoms with Crippen LogP contribution in [0.3, 0.4) is 0 Å². The van der Waals surface area contributed by atoms with E-state index in [9.17, 15) is 4.79 Å². The molecule has 1 aliphatic rings. The Balaban J connectivity index is 2.42. The SMILES string of the molecule is CCCN(CCC)C1CCCN(CCC(=O)O)C1. The fraction of sp³-hybridized carbons (Fsp3) is 0.929. The maximum atomic E-state index is 10.6. The molecule has 1 aliphatic heterocycles. The van der Waals surface area contributed by atoms with Crippen molar-refractivity contribution in [1.82, 2.24) is 9.80 Å². The van der Waals surface area contributed by atoms with E-state index in [0.29, 0.717) is 12.6 Å². The van der Waals surface area contributed by atoms with Crippen molar-refractivity contribution in [2.45, 2.75) is 52.0 Å². The lowest BCUT2D eigenvalue weighted by atomic mass is 10.0. The van der Waals surface area contributed by atoms with Gasteiger partial charge in [0.2, 0.25) is 0 Å². The lowest BCUT2D eigenvalue weighted by molar-refractivity contribution is -0.137. The largest absolute Gasteiger partial charge is 0.481 e. The third-order valence-electron chi connectivity index (χ3n) is 3.66. The van der Waals surface area contributed by atoms with Gasteiger partial charge in [0.1, 0.15) is 0 Å². The van der Waals surface area contributed by atoms with E-state index >= 15 is 0 Å². The summed E-state index contributed by atoms with van der Waals surface area (Å²) in [6.07, 6.45) is 5.14. The van der Waals surface area contributed by atoms with E-state index < -0.39 is 5.97 Å². The average Bonchev–Trinajstić information content (AvgIpc) is 2.36. The summed E-state index contributed by atoms with van der Waals surface area (Å²) in [5.41, 5.74) is 0. The molecule has 1 rings (SSSR count). The third-order valence-corrected chi connectivity index (χ3v) is 3.66. The van der Waals surface area contributed by atoms with E-state index in [4.69, 9.17) is 5.11 Å². The van der Waals surface area contributed by atoms with Crippen molar-refractivity contribution < 1.29 is 9.90 Å². The summed E-state index contributed by atoms with van der Waals surface area (Å²) in [5, 5.41) is 8.75. The van der Waals surface area contributed by atoms with Crippen LogP contribution >= 0.6 is 0 Å². The molecule has 1 unspecified atom stereocenters. The van der Waals surface area contributed by atoms with E-state index in [-0.39, 0.29) is 6.42 Å². The first-order valence-electron chi connectivity index (χ1n) is 7.35. The molecule has 1 fully saturated rings. The van der Waals surface area contributed by atoms with Crippen LogP contribution in [-0.4, -0.2) is 59.6 Å². The number of rotatable bonds is 8. The van der Waals surface area contributed by atoms with E-state index in [1.807, 2.05) is 0 Å². The highest BCUT2D eigenvalue weighted by atomic mass is 16.4. The van der Waals surface area contributed by atoms with Crippen LogP contribution in [0.2, 0.25) is 0 Å². The molecule has 4 heteroatoms. The second-order valence-electron chi connectivity index (χ2n) is 5.28. The first-order valence-corrected chi connectivity index (χ1v) is 7.35. The van der Waals surface area contributed by atoms with Gasteiger partial charge in [0.05, 0.1) is 6.42 Å². The van der Waals surface area contributed by atoms with E-state index in [0.717, 1.165) is 13.1 Å². The summed E-state index contributed by atoms with van der Waals surface area (Å²) < 4.78 is 0. The quantitative estimate of drug-likeness (QED) is 0.722. The van der Waals surface area contributed by atoms with Crippen LogP contribution in [0.25, 0.3) is 0 Å². The fourth-order valence-corrected chi connectivity index (χ4v) is 2.84. The van der Waals surface area contributed by atoms with Crippen LogP contribution in [0.4, 0.5) is 0 Å². The summed E-state index contributed by atoms with van der Waals surface area (Å²) in [5.74, 6) is -0.684. The van der Waals surface area contributed by atoms with Crippen LogP contribution in [0.15, 0.2) is 0 Å². The van der Waals surface area contributed by atoms with Gasteiger partial charge in [0.25, 0.3) is 0 Å². The molecule has 1 atom stereocenters. The summed E-state index contributed by atoms with van der Waals surface area (Å²) in [4.78, 5) is 15.5. The molecule has 0 amide bonds. The molecule has 0 saturated carbocycles. The molecule has 0 spiro atoms. The predicted molar refractivity (Wildman–Crippen MR) is 73.9 cm³/mol. The Labute approximate surface area is 111 Å². The average molecular weight is 256 g/mol. The molecule has 1 saturated heterocycles. The van der Waals surface area contributed by atoms with Gasteiger partial charge >= 0.3 is 5.97 Å². The molecule has 0 aliphatic carbocycles. The standard InChI is InChI=1S/C14H28N2O2/c1-3-8-16(9-4-2)13-6-5-10-15(12-13)11-7-14(17)18/h13H,3-12H2,1-2H3,(H,17,18). The molecule has 18 heavy (non-hydrogen) atoms. The summed E-state index contributed by atoms with van der Waals surface area (Å²) in [6.45, 7) is 9.62. The van der Waals surface area contributed by atoms with Gasteiger partial charge < -0.3 is 10.0 Å². The van der Waals surface area contributed by atoms with Crippen molar-refractivity contribution in [3.63, 3.8) is 0 Å². The van der Waals surface area contributed by atoms with Gasteiger partial charge in [0.15, 0.2) is 0 Å². The van der Waals surface area contributed by atoms with E-state index in [2.05, 4.69) is 23.6 Å². The molecule has 0 bridgehead atoms. The molecule has 0 aromatic rings. The molecule has 0 radical (unpaired) electrons. The van der Waals surface area contributed by atoms with Crippen molar-refractivity contribution in [1.29, 1.82) is 0 Å². The maximum Gasteiger partial charge on any atom is 0.304 e. The minimum absolute atomic E-state index is 0.272. The first-order chi connectivity index (χ1) is 8.67. The van der Waals surface area contributed by atoms with E-state index in [1.54, 1.807) is 0 Å². The zero-order chi connectivity index (χ0) is 13.4. The van der Waals surface area contributed by atoms with Crippen molar-refractivity contribution in [3.8, 4) is 0 Å². The lowest BCUT2D eigenvalue weighted by Gasteiger charge is -2.39. The highest BCUT2D eigenvalue weighted by Gasteiger charge is 2.24. The van der Waals surface area contributed by atoms with Gasteiger partial charge in [-0.3, -0.25) is 9.69 Å². The summed E-state index contributed by atoms with van der Waals surface area (Å²) in [7, 11) is 0. The molecule has 1 heterocycles. The monoisotopic (exact) mass is 256 g/mol. The molecule has 0 aromatic heterocycles. The van der Waals surface area contributed by atoms with Gasteiger partial charge in [-0.05, 0) is 45.3 Å². The predicted octanol–water partition coefficient (Wildman–Crippen LogP) is 2.05. The van der Waals surface area contributed by atoms with Gasteiger partial charge in [0, 0.05) is 19.1 Å². The Morgan fingerprint density at radius 3 is 2.56 bits per heavy atom. The first kappa shape index (κ1) is 15.4. The maximum absolute atomic E-state index is 10.6. The normalized spacial score (nSPS) is 21.4. The van der Waals surface area contributed by atoms with Gasteiger partial charge in [-0.25, -0.2) is 0 Å². The number of nitrogens with zero attached hydrogens (tertiary/aromatic N) is 2. The molecular formula is C14H28N2O2. The van der Waals surface area contributed by atoms with Crippen LogP contribution in [0, 0.1) is 0 Å². The fourth-order valence-electron chi connectivity index (χ4n) is 2.84. The highest BCUT2D eigenvalue weighted by Crippen LogP contribution is 2.17. The van der Waals surface area contributed by atoms with Crippen molar-refractivity contribution >= 4 is 5.97 Å². The molecule has 4 nitrogen and oxygen atoms in total. The second-order valence-corrected chi connectivity index (χ2v) is 5.28. The van der Waals surface area contributed by atoms with Crippen LogP contribution in [0.1, 0.15) is 46.0 Å². The van der Waals surface area contributed by atoms with Crippen molar-refractivity contribution in [2.24, 2.45) is 0 Å². The number of piperidine rings is 1. The van der Waals surface area contributed by atoms with Crippen LogP contribution in [0.5, 0.6) is 0 Å².